The number of carboxylic acid groups (broad SMARTS) is 1. The van der Waals surface area contributed by atoms with Crippen molar-refractivity contribution in [2.75, 3.05) is 13.1 Å². The molecule has 9 heteroatoms. The fraction of sp³-hybridized carbons (Fsp3) is 0.714. The number of rotatable bonds is 3. The summed E-state index contributed by atoms with van der Waals surface area (Å²) in [5.74, 6) is -0.792. The van der Waals surface area contributed by atoms with E-state index in [0.717, 1.165) is 4.31 Å². The third-order valence-electron chi connectivity index (χ3n) is 2.41. The summed E-state index contributed by atoms with van der Waals surface area (Å²) < 4.78 is 25.2. The molecule has 0 spiro atoms. The van der Waals surface area contributed by atoms with Gasteiger partial charge in [0, 0.05) is 19.0 Å². The Hall–Kier alpha value is -1.35. The molecule has 1 saturated heterocycles. The van der Waals surface area contributed by atoms with Crippen LogP contribution in [0.25, 0.3) is 0 Å². The fourth-order valence-electron chi connectivity index (χ4n) is 1.56. The number of hydrogen-bond acceptors (Lipinski definition) is 4. The fourth-order valence-corrected chi connectivity index (χ4v) is 2.60. The highest BCUT2D eigenvalue weighted by molar-refractivity contribution is 7.87. The van der Waals surface area contributed by atoms with Crippen molar-refractivity contribution >= 4 is 22.2 Å². The van der Waals surface area contributed by atoms with E-state index >= 15 is 0 Å². The van der Waals surface area contributed by atoms with E-state index in [1.165, 1.54) is 4.72 Å². The molecule has 92 valence electrons. The minimum atomic E-state index is -4.00. The van der Waals surface area contributed by atoms with Crippen LogP contribution in [0.5, 0.6) is 0 Å². The third kappa shape index (κ3) is 3.07. The van der Waals surface area contributed by atoms with E-state index in [4.69, 9.17) is 10.8 Å². The Labute approximate surface area is 92.6 Å². The second kappa shape index (κ2) is 4.66. The average molecular weight is 251 g/mol. The van der Waals surface area contributed by atoms with Crippen LogP contribution < -0.4 is 10.5 Å². The highest BCUT2D eigenvalue weighted by Gasteiger charge is 2.30. The molecule has 0 saturated carbocycles. The third-order valence-corrected chi connectivity index (χ3v) is 3.89. The maximum atomic E-state index is 11.4. The Morgan fingerprint density at radius 2 is 1.81 bits per heavy atom. The zero-order valence-corrected chi connectivity index (χ0v) is 9.24. The Kier molecular flexibility index (Phi) is 3.70. The SMILES string of the molecule is NC(=O)C1CCN(S(=O)(=O)NC(=O)O)CC1. The zero-order chi connectivity index (χ0) is 12.3. The predicted molar refractivity (Wildman–Crippen MR) is 53.6 cm³/mol. The second-order valence-electron chi connectivity index (χ2n) is 3.49. The molecule has 1 aliphatic heterocycles. The predicted octanol–water partition coefficient (Wildman–Crippen LogP) is -1.30. The van der Waals surface area contributed by atoms with Gasteiger partial charge in [-0.2, -0.15) is 12.7 Å². The van der Waals surface area contributed by atoms with Gasteiger partial charge in [-0.25, -0.2) is 9.52 Å². The molecule has 0 aromatic heterocycles. The Balaban J connectivity index is 2.60. The van der Waals surface area contributed by atoms with Gasteiger partial charge in [0.1, 0.15) is 0 Å². The topological polar surface area (TPSA) is 130 Å². The zero-order valence-electron chi connectivity index (χ0n) is 8.42. The van der Waals surface area contributed by atoms with Gasteiger partial charge in [-0.15, -0.1) is 0 Å². The quantitative estimate of drug-likeness (QED) is 0.573. The summed E-state index contributed by atoms with van der Waals surface area (Å²) in [5, 5.41) is 8.33. The molecule has 1 fully saturated rings. The van der Waals surface area contributed by atoms with E-state index in [0.29, 0.717) is 12.8 Å². The molecule has 8 nitrogen and oxygen atoms in total. The van der Waals surface area contributed by atoms with Crippen molar-refractivity contribution < 1.29 is 23.1 Å². The lowest BCUT2D eigenvalue weighted by atomic mass is 9.98. The van der Waals surface area contributed by atoms with Crippen molar-refractivity contribution in [2.24, 2.45) is 11.7 Å². The number of carbonyl (C=O) groups excluding carboxylic acids is 1. The summed E-state index contributed by atoms with van der Waals surface area (Å²) in [6.07, 6.45) is -0.997. The largest absolute Gasteiger partial charge is 0.464 e. The number of carbonyl (C=O) groups is 2. The number of piperidine rings is 1. The van der Waals surface area contributed by atoms with Gasteiger partial charge in [0.15, 0.2) is 0 Å². The molecule has 16 heavy (non-hydrogen) atoms. The normalized spacial score (nSPS) is 19.2. The number of amides is 2. The first kappa shape index (κ1) is 12.7. The molecular formula is C7H13N3O5S. The van der Waals surface area contributed by atoms with Crippen molar-refractivity contribution in [3.8, 4) is 0 Å². The Bertz CT molecular complexity index is 385. The molecule has 1 rings (SSSR count). The van der Waals surface area contributed by atoms with Gasteiger partial charge < -0.3 is 10.8 Å². The van der Waals surface area contributed by atoms with Crippen LogP contribution in [0.3, 0.4) is 0 Å². The lowest BCUT2D eigenvalue weighted by molar-refractivity contribution is -0.122. The van der Waals surface area contributed by atoms with Gasteiger partial charge in [0.05, 0.1) is 0 Å². The van der Waals surface area contributed by atoms with Gasteiger partial charge >= 0.3 is 16.3 Å². The van der Waals surface area contributed by atoms with Crippen LogP contribution in [-0.2, 0) is 15.0 Å². The van der Waals surface area contributed by atoms with Crippen molar-refractivity contribution in [1.29, 1.82) is 0 Å². The Morgan fingerprint density at radius 3 is 2.19 bits per heavy atom. The van der Waals surface area contributed by atoms with Crippen LogP contribution in [0.15, 0.2) is 0 Å². The maximum Gasteiger partial charge on any atom is 0.419 e. The minimum absolute atomic E-state index is 0.0935. The molecule has 1 heterocycles. The lowest BCUT2D eigenvalue weighted by Gasteiger charge is -2.28. The average Bonchev–Trinajstić information content (AvgIpc) is 2.16. The first-order valence-electron chi connectivity index (χ1n) is 4.63. The second-order valence-corrected chi connectivity index (χ2v) is 5.16. The van der Waals surface area contributed by atoms with Gasteiger partial charge in [-0.3, -0.25) is 4.79 Å². The van der Waals surface area contributed by atoms with E-state index in [9.17, 15) is 18.0 Å². The molecule has 0 aromatic rings. The monoisotopic (exact) mass is 251 g/mol. The number of nitrogens with one attached hydrogen (secondary N) is 1. The number of hydrogen-bond donors (Lipinski definition) is 3. The molecule has 0 unspecified atom stereocenters. The summed E-state index contributed by atoms with van der Waals surface area (Å²) in [6.45, 7) is 0.187. The van der Waals surface area contributed by atoms with Crippen LogP contribution in [0.2, 0.25) is 0 Å². The lowest BCUT2D eigenvalue weighted by Crippen LogP contribution is -2.47. The van der Waals surface area contributed by atoms with Crippen molar-refractivity contribution in [3.63, 3.8) is 0 Å². The van der Waals surface area contributed by atoms with Gasteiger partial charge in [-0.1, -0.05) is 0 Å². The van der Waals surface area contributed by atoms with Gasteiger partial charge in [0.25, 0.3) is 0 Å². The van der Waals surface area contributed by atoms with E-state index < -0.39 is 22.2 Å². The van der Waals surface area contributed by atoms with E-state index in [-0.39, 0.29) is 19.0 Å². The van der Waals surface area contributed by atoms with Crippen LogP contribution >= 0.6 is 0 Å². The van der Waals surface area contributed by atoms with Crippen molar-refractivity contribution in [3.05, 3.63) is 0 Å². The summed E-state index contributed by atoms with van der Waals surface area (Å²) >= 11 is 0. The molecule has 0 aliphatic carbocycles. The van der Waals surface area contributed by atoms with Crippen molar-refractivity contribution in [2.45, 2.75) is 12.8 Å². The van der Waals surface area contributed by atoms with Gasteiger partial charge in [-0.05, 0) is 12.8 Å². The van der Waals surface area contributed by atoms with E-state index in [1.807, 2.05) is 0 Å². The first-order valence-corrected chi connectivity index (χ1v) is 6.07. The molecule has 0 radical (unpaired) electrons. The molecule has 4 N–H and O–H groups in total. The van der Waals surface area contributed by atoms with Crippen LogP contribution in [0.4, 0.5) is 4.79 Å². The molecule has 0 bridgehead atoms. The highest BCUT2D eigenvalue weighted by Crippen LogP contribution is 2.18. The summed E-state index contributed by atoms with van der Waals surface area (Å²) in [5.41, 5.74) is 5.09. The molecule has 0 atom stereocenters. The first-order chi connectivity index (χ1) is 7.33. The summed E-state index contributed by atoms with van der Waals surface area (Å²) in [6, 6.07) is 0. The van der Waals surface area contributed by atoms with Crippen LogP contribution in [0.1, 0.15) is 12.8 Å². The number of nitrogens with two attached hydrogens (primary N) is 1. The number of primary amides is 1. The molecule has 1 aliphatic rings. The summed E-state index contributed by atoms with van der Waals surface area (Å²) in [7, 11) is -4.00. The molecule has 2 amide bonds. The molecule has 0 aromatic carbocycles. The van der Waals surface area contributed by atoms with E-state index in [2.05, 4.69) is 0 Å². The Morgan fingerprint density at radius 1 is 1.31 bits per heavy atom. The smallest absolute Gasteiger partial charge is 0.419 e. The van der Waals surface area contributed by atoms with Crippen molar-refractivity contribution in [1.82, 2.24) is 9.03 Å². The van der Waals surface area contributed by atoms with Crippen LogP contribution in [-0.4, -0.2) is 42.9 Å². The summed E-state index contributed by atoms with van der Waals surface area (Å²) in [4.78, 5) is 21.1. The van der Waals surface area contributed by atoms with E-state index in [1.54, 1.807) is 0 Å². The minimum Gasteiger partial charge on any atom is -0.464 e. The van der Waals surface area contributed by atoms with Gasteiger partial charge in [0.2, 0.25) is 5.91 Å². The highest BCUT2D eigenvalue weighted by atomic mass is 32.2. The standard InChI is InChI=1S/C7H13N3O5S/c8-6(11)5-1-3-10(4-2-5)16(14,15)9-7(12)13/h5,9H,1-4H2,(H2,8,11)(H,12,13). The number of nitrogens with zero attached hydrogens (tertiary/aromatic N) is 1. The molecular weight excluding hydrogens is 238 g/mol. The van der Waals surface area contributed by atoms with Crippen LogP contribution in [0, 0.1) is 5.92 Å². The maximum absolute atomic E-state index is 11.4.